The van der Waals surface area contributed by atoms with Crippen LogP contribution < -0.4 is 5.32 Å². The molecule has 0 aliphatic carbocycles. The molecule has 150 valence electrons. The van der Waals surface area contributed by atoms with Crippen LogP contribution in [0.4, 0.5) is 0 Å². The Labute approximate surface area is 174 Å². The van der Waals surface area contributed by atoms with Gasteiger partial charge in [-0.2, -0.15) is 0 Å². The lowest BCUT2D eigenvalue weighted by Crippen LogP contribution is -2.31. The highest BCUT2D eigenvalue weighted by Gasteiger charge is 2.11. The van der Waals surface area contributed by atoms with Crippen molar-refractivity contribution in [3.05, 3.63) is 83.2 Å². The molecule has 1 aromatic heterocycles. The van der Waals surface area contributed by atoms with Crippen LogP contribution in [0.5, 0.6) is 0 Å². The Kier molecular flexibility index (Phi) is 7.47. The Morgan fingerprint density at radius 2 is 1.69 bits per heavy atom. The molecule has 0 saturated carbocycles. The Balaban J connectivity index is 1.39. The van der Waals surface area contributed by atoms with Gasteiger partial charge in [0.25, 0.3) is 0 Å². The lowest BCUT2D eigenvalue weighted by atomic mass is 10.1. The molecule has 0 spiro atoms. The predicted molar refractivity (Wildman–Crippen MR) is 113 cm³/mol. The van der Waals surface area contributed by atoms with Gasteiger partial charge >= 0.3 is 5.97 Å². The maximum atomic E-state index is 12.0. The van der Waals surface area contributed by atoms with Crippen LogP contribution >= 0.6 is 11.8 Å². The second-order valence-electron chi connectivity index (χ2n) is 6.49. The second-order valence-corrected chi connectivity index (χ2v) is 7.45. The first kappa shape index (κ1) is 20.7. The molecular weight excluding hydrogens is 386 g/mol. The van der Waals surface area contributed by atoms with Gasteiger partial charge < -0.3 is 15.0 Å². The lowest BCUT2D eigenvalue weighted by Gasteiger charge is -2.06. The molecule has 0 aliphatic rings. The normalized spacial score (nSPS) is 10.5. The highest BCUT2D eigenvalue weighted by atomic mass is 32.2. The Bertz CT molecular complexity index is 942. The Morgan fingerprint density at radius 3 is 2.38 bits per heavy atom. The van der Waals surface area contributed by atoms with Crippen molar-refractivity contribution < 1.29 is 14.3 Å². The number of ether oxygens (including phenoxy) is 1. The van der Waals surface area contributed by atoms with E-state index in [1.807, 2.05) is 55.5 Å². The van der Waals surface area contributed by atoms with Crippen LogP contribution in [0, 0.1) is 6.92 Å². The van der Waals surface area contributed by atoms with Crippen molar-refractivity contribution in [3.8, 4) is 0 Å². The van der Waals surface area contributed by atoms with E-state index in [2.05, 4.69) is 27.4 Å². The summed E-state index contributed by atoms with van der Waals surface area (Å²) in [6.45, 7) is 2.01. The average Bonchev–Trinajstić information content (AvgIpc) is 3.10. The van der Waals surface area contributed by atoms with Crippen LogP contribution in [0.15, 0.2) is 65.8 Å². The smallest absolute Gasteiger partial charge is 0.325 e. The molecule has 1 heterocycles. The van der Waals surface area contributed by atoms with Crippen LogP contribution in [-0.2, 0) is 27.4 Å². The summed E-state index contributed by atoms with van der Waals surface area (Å²) < 4.78 is 5.14. The molecule has 29 heavy (non-hydrogen) atoms. The third-order valence-corrected chi connectivity index (χ3v) is 5.06. The Morgan fingerprint density at radius 1 is 1.03 bits per heavy atom. The topological polar surface area (TPSA) is 84.1 Å². The van der Waals surface area contributed by atoms with Crippen LogP contribution in [0.3, 0.4) is 0 Å². The molecule has 7 heteroatoms. The number of nitrogens with one attached hydrogen (secondary N) is 2. The third-order valence-electron chi connectivity index (χ3n) is 4.19. The van der Waals surface area contributed by atoms with E-state index in [4.69, 9.17) is 4.74 Å². The number of carbonyl (C=O) groups excluding carboxylic acids is 2. The number of rotatable bonds is 9. The fourth-order valence-electron chi connectivity index (χ4n) is 2.64. The van der Waals surface area contributed by atoms with Gasteiger partial charge in [-0.1, -0.05) is 72.4 Å². The van der Waals surface area contributed by atoms with Gasteiger partial charge in [-0.25, -0.2) is 4.98 Å². The zero-order chi connectivity index (χ0) is 20.5. The number of aryl methyl sites for hydroxylation is 1. The van der Waals surface area contributed by atoms with Crippen LogP contribution in [0.2, 0.25) is 0 Å². The largest absolute Gasteiger partial charge is 0.460 e. The van der Waals surface area contributed by atoms with Crippen LogP contribution in [0.1, 0.15) is 22.5 Å². The zero-order valence-electron chi connectivity index (χ0n) is 16.2. The number of hydrogen-bond acceptors (Lipinski definition) is 5. The van der Waals surface area contributed by atoms with Crippen molar-refractivity contribution >= 4 is 23.6 Å². The van der Waals surface area contributed by atoms with E-state index in [9.17, 15) is 9.59 Å². The monoisotopic (exact) mass is 409 g/mol. The molecule has 0 saturated heterocycles. The molecule has 6 nitrogen and oxygen atoms in total. The second kappa shape index (κ2) is 10.5. The minimum atomic E-state index is -0.466. The minimum absolute atomic E-state index is 0.150. The highest BCUT2D eigenvalue weighted by Crippen LogP contribution is 2.18. The molecule has 0 bridgehead atoms. The van der Waals surface area contributed by atoms with Gasteiger partial charge in [0.05, 0.1) is 11.4 Å². The zero-order valence-corrected chi connectivity index (χ0v) is 17.0. The van der Waals surface area contributed by atoms with E-state index < -0.39 is 5.97 Å². The molecule has 3 aromatic rings. The quantitative estimate of drug-likeness (QED) is 0.419. The molecule has 2 N–H and O–H groups in total. The van der Waals surface area contributed by atoms with Gasteiger partial charge in [-0.3, -0.25) is 9.59 Å². The first-order valence-electron chi connectivity index (χ1n) is 9.28. The fraction of sp³-hybridized carbons (Fsp3) is 0.227. The molecule has 0 unspecified atom stereocenters. The van der Waals surface area contributed by atoms with Crippen molar-refractivity contribution in [3.63, 3.8) is 0 Å². The van der Waals surface area contributed by atoms with Crippen molar-refractivity contribution in [2.75, 3.05) is 12.3 Å². The van der Waals surface area contributed by atoms with E-state index in [1.54, 1.807) is 0 Å². The molecule has 2 aromatic carbocycles. The van der Waals surface area contributed by atoms with Crippen molar-refractivity contribution in [1.82, 2.24) is 15.3 Å². The highest BCUT2D eigenvalue weighted by molar-refractivity contribution is 7.99. The van der Waals surface area contributed by atoms with Crippen molar-refractivity contribution in [2.24, 2.45) is 0 Å². The number of thioether (sulfide) groups is 1. The maximum absolute atomic E-state index is 12.0. The maximum Gasteiger partial charge on any atom is 0.325 e. The van der Waals surface area contributed by atoms with E-state index >= 15 is 0 Å². The SMILES string of the molecule is Cc1[nH]c(SCC(=O)NCC(=O)OCc2ccccc2)nc1Cc1ccccc1. The fourth-order valence-corrected chi connectivity index (χ4v) is 3.41. The van der Waals surface area contributed by atoms with Gasteiger partial charge in [-0.15, -0.1) is 0 Å². The summed E-state index contributed by atoms with van der Waals surface area (Å²) in [5.41, 5.74) is 4.04. The molecule has 0 atom stereocenters. The summed E-state index contributed by atoms with van der Waals surface area (Å²) in [6, 6.07) is 19.5. The number of nitrogens with zero attached hydrogens (tertiary/aromatic N) is 1. The molecular formula is C22H23N3O3S. The standard InChI is InChI=1S/C22H23N3O3S/c1-16-19(12-17-8-4-2-5-9-17)25-22(24-16)29-15-20(26)23-13-21(27)28-14-18-10-6-3-7-11-18/h2-11H,12-15H2,1H3,(H,23,26)(H,24,25). The van der Waals surface area contributed by atoms with Gasteiger partial charge in [0.15, 0.2) is 5.16 Å². The summed E-state index contributed by atoms with van der Waals surface area (Å²) in [7, 11) is 0. The number of esters is 1. The Hall–Kier alpha value is -3.06. The number of hydrogen-bond donors (Lipinski definition) is 2. The van der Waals surface area contributed by atoms with E-state index in [0.717, 1.165) is 23.4 Å². The number of aromatic nitrogens is 2. The van der Waals surface area contributed by atoms with E-state index in [-0.39, 0.29) is 24.8 Å². The summed E-state index contributed by atoms with van der Waals surface area (Å²) in [6.07, 6.45) is 0.739. The average molecular weight is 410 g/mol. The van der Waals surface area contributed by atoms with E-state index in [0.29, 0.717) is 5.16 Å². The molecule has 3 rings (SSSR count). The number of imidazole rings is 1. The molecule has 0 radical (unpaired) electrons. The van der Waals surface area contributed by atoms with Gasteiger partial charge in [0.1, 0.15) is 13.2 Å². The summed E-state index contributed by atoms with van der Waals surface area (Å²) in [5.74, 6) is -0.541. The first-order valence-corrected chi connectivity index (χ1v) is 10.3. The van der Waals surface area contributed by atoms with Crippen LogP contribution in [0.25, 0.3) is 0 Å². The van der Waals surface area contributed by atoms with Crippen molar-refractivity contribution in [2.45, 2.75) is 25.1 Å². The molecule has 1 amide bonds. The first-order chi connectivity index (χ1) is 14.1. The number of benzene rings is 2. The lowest BCUT2D eigenvalue weighted by molar-refractivity contribution is -0.145. The third kappa shape index (κ3) is 6.80. The van der Waals surface area contributed by atoms with Crippen molar-refractivity contribution in [1.29, 1.82) is 0 Å². The van der Waals surface area contributed by atoms with Gasteiger partial charge in [0, 0.05) is 12.1 Å². The number of aromatic amines is 1. The minimum Gasteiger partial charge on any atom is -0.460 e. The number of H-pyrrole nitrogens is 1. The summed E-state index contributed by atoms with van der Waals surface area (Å²) in [4.78, 5) is 31.5. The van der Waals surface area contributed by atoms with Gasteiger partial charge in [0.2, 0.25) is 5.91 Å². The van der Waals surface area contributed by atoms with Crippen LogP contribution in [-0.4, -0.2) is 34.1 Å². The molecule has 0 aliphatic heterocycles. The predicted octanol–water partition coefficient (Wildman–Crippen LogP) is 3.26. The van der Waals surface area contributed by atoms with E-state index in [1.165, 1.54) is 17.3 Å². The van der Waals surface area contributed by atoms with Gasteiger partial charge in [-0.05, 0) is 18.1 Å². The molecule has 0 fully saturated rings. The number of carbonyl (C=O) groups is 2. The summed E-state index contributed by atoms with van der Waals surface area (Å²) in [5, 5.41) is 3.26. The summed E-state index contributed by atoms with van der Waals surface area (Å²) >= 11 is 1.31. The number of amides is 1.